The van der Waals surface area contributed by atoms with Crippen LogP contribution in [0.15, 0.2) is 22.4 Å². The molecule has 1 fully saturated rings. The van der Waals surface area contributed by atoms with E-state index in [2.05, 4.69) is 21.7 Å². The summed E-state index contributed by atoms with van der Waals surface area (Å²) in [6, 6.07) is 0. The number of amidine groups is 1. The van der Waals surface area contributed by atoms with Crippen molar-refractivity contribution < 1.29 is 4.74 Å². The molecule has 0 aromatic carbocycles. The van der Waals surface area contributed by atoms with Crippen molar-refractivity contribution in [3.8, 4) is 0 Å². The highest BCUT2D eigenvalue weighted by molar-refractivity contribution is 5.97. The van der Waals surface area contributed by atoms with Crippen molar-refractivity contribution in [1.29, 1.82) is 5.41 Å². The van der Waals surface area contributed by atoms with Crippen LogP contribution in [0.3, 0.4) is 0 Å². The first-order valence-electron chi connectivity index (χ1n) is 5.62. The third kappa shape index (κ3) is 4.36. The Balaban J connectivity index is 2.64. The normalized spacial score (nSPS) is 17.2. The first kappa shape index (κ1) is 13.4. The number of morpholine rings is 1. The van der Waals surface area contributed by atoms with Gasteiger partial charge in [-0.15, -0.1) is 0 Å². The Hall–Kier alpha value is -1.69. The van der Waals surface area contributed by atoms with Crippen LogP contribution in [0.5, 0.6) is 0 Å². The van der Waals surface area contributed by atoms with Gasteiger partial charge in [0.05, 0.1) is 13.2 Å². The summed E-state index contributed by atoms with van der Waals surface area (Å²) in [6.45, 7) is 9.36. The molecule has 1 rings (SSSR count). The van der Waals surface area contributed by atoms with Crippen LogP contribution in [0.4, 0.5) is 0 Å². The van der Waals surface area contributed by atoms with Crippen molar-refractivity contribution in [2.24, 2.45) is 10.1 Å². The maximum Gasteiger partial charge on any atom is 0.151 e. The van der Waals surface area contributed by atoms with E-state index in [4.69, 9.17) is 10.1 Å². The Morgan fingerprint density at radius 2 is 2.24 bits per heavy atom. The molecule has 17 heavy (non-hydrogen) atoms. The van der Waals surface area contributed by atoms with Crippen LogP contribution >= 0.6 is 0 Å². The van der Waals surface area contributed by atoms with Gasteiger partial charge in [-0.2, -0.15) is 5.10 Å². The largest absolute Gasteiger partial charge is 0.378 e. The Morgan fingerprint density at radius 1 is 1.53 bits per heavy atom. The van der Waals surface area contributed by atoms with Crippen molar-refractivity contribution in [3.05, 3.63) is 12.3 Å². The zero-order valence-corrected chi connectivity index (χ0v) is 10.2. The summed E-state index contributed by atoms with van der Waals surface area (Å²) in [4.78, 5) is 6.11. The highest BCUT2D eigenvalue weighted by atomic mass is 16.5. The van der Waals surface area contributed by atoms with Crippen LogP contribution in [0.2, 0.25) is 0 Å². The highest BCUT2D eigenvalue weighted by Crippen LogP contribution is 2.00. The molecule has 1 heterocycles. The molecule has 0 aromatic rings. The van der Waals surface area contributed by atoms with Crippen LogP contribution in [-0.2, 0) is 4.74 Å². The van der Waals surface area contributed by atoms with Gasteiger partial charge in [0, 0.05) is 32.6 Å². The second-order valence-corrected chi connectivity index (χ2v) is 3.44. The third-order valence-corrected chi connectivity index (χ3v) is 2.41. The van der Waals surface area contributed by atoms with E-state index < -0.39 is 0 Å². The van der Waals surface area contributed by atoms with Gasteiger partial charge in [-0.1, -0.05) is 0 Å². The van der Waals surface area contributed by atoms with Crippen molar-refractivity contribution in [3.63, 3.8) is 0 Å². The number of nitrogens with one attached hydrogen (secondary N) is 1. The molecule has 0 saturated carbocycles. The average molecular weight is 237 g/mol. The molecule has 0 unspecified atom stereocenters. The maximum absolute atomic E-state index is 7.03. The molecule has 0 bridgehead atoms. The molecule has 0 spiro atoms. The molecule has 1 aliphatic rings. The van der Waals surface area contributed by atoms with Gasteiger partial charge < -0.3 is 9.64 Å². The fraction of sp³-hybridized carbons (Fsp3) is 0.545. The van der Waals surface area contributed by atoms with Crippen LogP contribution in [0, 0.1) is 5.41 Å². The number of hydrazone groups is 1. The van der Waals surface area contributed by atoms with Crippen molar-refractivity contribution in [2.75, 3.05) is 32.8 Å². The first-order chi connectivity index (χ1) is 8.31. The lowest BCUT2D eigenvalue weighted by atomic mass is 10.4. The number of likely N-dealkylation sites (N-methyl/N-ethyl adjacent to an activating group) is 1. The van der Waals surface area contributed by atoms with Crippen LogP contribution < -0.4 is 0 Å². The van der Waals surface area contributed by atoms with Crippen LogP contribution in [-0.4, -0.2) is 61.6 Å². The third-order valence-electron chi connectivity index (χ3n) is 2.41. The predicted octanol–water partition coefficient (Wildman–Crippen LogP) is 0.775. The summed E-state index contributed by atoms with van der Waals surface area (Å²) in [7, 11) is 0. The molecule has 0 amide bonds. The van der Waals surface area contributed by atoms with Gasteiger partial charge in [-0.25, -0.2) is 10.0 Å². The maximum atomic E-state index is 7.03. The molecule has 0 aliphatic carbocycles. The Labute approximate surface area is 102 Å². The monoisotopic (exact) mass is 237 g/mol. The minimum atomic E-state index is 0.615. The minimum absolute atomic E-state index is 0.615. The Kier molecular flexibility index (Phi) is 5.95. The van der Waals surface area contributed by atoms with Crippen LogP contribution in [0.1, 0.15) is 6.92 Å². The standard InChI is InChI=1S/C11H19N5O/c1-3-16(13-2)11(14-10-12)4-5-15-6-8-17-9-7-15/h4-5,10,12H,2-3,6-9H2,1H3/b5-4+,12-10?,14-11?. The zero-order chi connectivity index (χ0) is 12.5. The average Bonchev–Trinajstić information content (AvgIpc) is 2.38. The number of rotatable bonds is 5. The second-order valence-electron chi connectivity index (χ2n) is 3.44. The molecule has 1 saturated heterocycles. The number of hydrogen-bond acceptors (Lipinski definition) is 4. The lowest BCUT2D eigenvalue weighted by Gasteiger charge is -2.25. The lowest BCUT2D eigenvalue weighted by Crippen LogP contribution is -2.32. The zero-order valence-electron chi connectivity index (χ0n) is 10.2. The van der Waals surface area contributed by atoms with Gasteiger partial charge in [0.15, 0.2) is 5.84 Å². The van der Waals surface area contributed by atoms with Crippen LogP contribution in [0.25, 0.3) is 0 Å². The first-order valence-corrected chi connectivity index (χ1v) is 5.62. The van der Waals surface area contributed by atoms with Gasteiger partial charge in [0.2, 0.25) is 0 Å². The van der Waals surface area contributed by atoms with E-state index in [0.29, 0.717) is 12.4 Å². The molecule has 0 atom stereocenters. The molecule has 1 aliphatic heterocycles. The van der Waals surface area contributed by atoms with Gasteiger partial charge >= 0.3 is 0 Å². The van der Waals surface area contributed by atoms with E-state index in [9.17, 15) is 0 Å². The summed E-state index contributed by atoms with van der Waals surface area (Å²) in [5.41, 5.74) is 0. The minimum Gasteiger partial charge on any atom is -0.378 e. The fourth-order valence-electron chi connectivity index (χ4n) is 1.49. The SMILES string of the molecule is C=NN(CC)C(/C=C/N1CCOCC1)=NC=N. The Morgan fingerprint density at radius 3 is 2.76 bits per heavy atom. The number of hydrogen-bond donors (Lipinski definition) is 1. The number of ether oxygens (including phenoxy) is 1. The summed E-state index contributed by atoms with van der Waals surface area (Å²) in [5, 5.41) is 12.5. The van der Waals surface area contributed by atoms with Crippen molar-refractivity contribution >= 4 is 18.9 Å². The topological polar surface area (TPSA) is 64.3 Å². The van der Waals surface area contributed by atoms with E-state index in [1.54, 1.807) is 5.01 Å². The van der Waals surface area contributed by atoms with Gasteiger partial charge in [0.25, 0.3) is 0 Å². The summed E-state index contributed by atoms with van der Waals surface area (Å²) in [5.74, 6) is 0.615. The summed E-state index contributed by atoms with van der Waals surface area (Å²) < 4.78 is 5.26. The molecular weight excluding hydrogens is 218 g/mol. The summed E-state index contributed by atoms with van der Waals surface area (Å²) in [6.07, 6.45) is 4.81. The van der Waals surface area contributed by atoms with E-state index >= 15 is 0 Å². The smallest absolute Gasteiger partial charge is 0.151 e. The molecule has 94 valence electrons. The molecule has 0 radical (unpaired) electrons. The van der Waals surface area contributed by atoms with Crippen molar-refractivity contribution in [1.82, 2.24) is 9.91 Å². The molecule has 1 N–H and O–H groups in total. The Bertz CT molecular complexity index is 307. The lowest BCUT2D eigenvalue weighted by molar-refractivity contribution is 0.0594. The molecular formula is C11H19N5O. The number of aliphatic imine (C=N–C) groups is 1. The number of nitrogens with zero attached hydrogens (tertiary/aromatic N) is 4. The van der Waals surface area contributed by atoms with Gasteiger partial charge in [-0.3, -0.25) is 5.41 Å². The highest BCUT2D eigenvalue weighted by Gasteiger charge is 2.07. The van der Waals surface area contributed by atoms with Gasteiger partial charge in [-0.05, 0) is 13.0 Å². The molecule has 0 aromatic heterocycles. The molecule has 6 heteroatoms. The van der Waals surface area contributed by atoms with E-state index in [1.807, 2.05) is 19.2 Å². The predicted molar refractivity (Wildman–Crippen MR) is 69.7 cm³/mol. The summed E-state index contributed by atoms with van der Waals surface area (Å²) >= 11 is 0. The molecule has 6 nitrogen and oxygen atoms in total. The van der Waals surface area contributed by atoms with E-state index in [1.165, 1.54) is 0 Å². The van der Waals surface area contributed by atoms with Crippen molar-refractivity contribution in [2.45, 2.75) is 6.92 Å². The van der Waals surface area contributed by atoms with E-state index in [0.717, 1.165) is 32.6 Å². The van der Waals surface area contributed by atoms with E-state index in [-0.39, 0.29) is 0 Å². The quantitative estimate of drug-likeness (QED) is 0.436. The second kappa shape index (κ2) is 7.56. The van der Waals surface area contributed by atoms with Gasteiger partial charge in [0.1, 0.15) is 6.34 Å². The fourth-order valence-corrected chi connectivity index (χ4v) is 1.49.